The lowest BCUT2D eigenvalue weighted by atomic mass is 9.83. The molecule has 1 aromatic rings. The van der Waals surface area contributed by atoms with E-state index in [0.29, 0.717) is 23.6 Å². The lowest BCUT2D eigenvalue weighted by Crippen LogP contribution is -2.63. The number of likely N-dealkylation sites (N-methyl/N-ethyl adjacent to an activating group) is 1. The number of epoxide rings is 1. The van der Waals surface area contributed by atoms with Gasteiger partial charge < -0.3 is 38.6 Å². The number of rotatable bonds is 10. The first-order chi connectivity index (χ1) is 25.0. The Morgan fingerprint density at radius 2 is 1.96 bits per heavy atom. The van der Waals surface area contributed by atoms with Gasteiger partial charge in [-0.25, -0.2) is 9.59 Å². The van der Waals surface area contributed by atoms with Gasteiger partial charge in [0.15, 0.2) is 5.72 Å². The molecule has 53 heavy (non-hydrogen) atoms. The summed E-state index contributed by atoms with van der Waals surface area (Å²) in [5.41, 5.74) is -0.884. The van der Waals surface area contributed by atoms with Crippen molar-refractivity contribution in [3.8, 4) is 5.75 Å². The molecule has 0 aromatic heterocycles. The Balaban J connectivity index is 1.72. The number of ether oxygens (including phenoxy) is 5. The van der Waals surface area contributed by atoms with Crippen molar-refractivity contribution in [3.05, 3.63) is 46.5 Å². The second-order valence-electron chi connectivity index (χ2n) is 13.9. The second-order valence-corrected chi connectivity index (χ2v) is 17.1. The van der Waals surface area contributed by atoms with Gasteiger partial charge in [-0.2, -0.15) is 0 Å². The predicted molar refractivity (Wildman–Crippen MR) is 206 cm³/mol. The molecule has 4 rings (SSSR count). The molecule has 2 N–H and O–H groups in total. The van der Waals surface area contributed by atoms with E-state index >= 15 is 0 Å². The molecule has 2 fully saturated rings. The minimum atomic E-state index is -1.82. The van der Waals surface area contributed by atoms with Gasteiger partial charge in [-0.3, -0.25) is 14.9 Å². The van der Waals surface area contributed by atoms with Gasteiger partial charge in [0.2, 0.25) is 11.8 Å². The minimum absolute atomic E-state index is 0.0450. The Kier molecular flexibility index (Phi) is 14.6. The molecule has 16 heteroatoms. The second kappa shape index (κ2) is 18.1. The smallest absolute Gasteiger partial charge is 0.409 e. The molecule has 294 valence electrons. The molecule has 0 saturated carbocycles. The number of amides is 3. The van der Waals surface area contributed by atoms with E-state index in [4.69, 9.17) is 35.3 Å². The SMILES string of the molecule is CCSSCCC(=O)N(C)[C@H](C)C(=O)O[C@H]1CC(=O)N(C)c2cc(cc(OC)c2Cl)C/C(C)=C/C=C/[C@@H](OC)[C@@]2(O)CC(OC(=O)N2)[C@@H](C)C2OC21C. The average Bonchev–Trinajstić information content (AvgIpc) is 3.81. The largest absolute Gasteiger partial charge is 0.495 e. The molecule has 0 radical (unpaired) electrons. The van der Waals surface area contributed by atoms with Gasteiger partial charge in [0.25, 0.3) is 0 Å². The number of anilines is 1. The molecule has 2 saturated heterocycles. The van der Waals surface area contributed by atoms with Gasteiger partial charge in [0.05, 0.1) is 25.3 Å². The van der Waals surface area contributed by atoms with Crippen molar-refractivity contribution in [2.75, 3.05) is 44.7 Å². The standard InChI is InChI=1S/C37H52ClN3O10S2/c1-10-52-53-15-14-30(42)40(6)23(4)34(44)50-29-19-31(43)41(7)25-17-24(18-26(47-8)32(25)38)16-21(2)12-11-13-28(48-9)37(46)20-27(49-35(45)39-37)22(3)33-36(29,5)51-33/h11-13,17-18,22-23,27-29,33,46H,10,14-16,19-20H2,1-9H3,(H,39,45)/b13-11+,21-12+/t22-,23-,27?,28-,29+,33?,36?,37+/m1/s1. The molecule has 1 aromatic carbocycles. The Hall–Kier alpha value is -2.95. The van der Waals surface area contributed by atoms with Crippen LogP contribution in [0, 0.1) is 5.92 Å². The van der Waals surface area contributed by atoms with E-state index in [1.165, 1.54) is 24.0 Å². The van der Waals surface area contributed by atoms with Crippen LogP contribution in [0.5, 0.6) is 5.75 Å². The highest BCUT2D eigenvalue weighted by molar-refractivity contribution is 8.76. The van der Waals surface area contributed by atoms with Crippen LogP contribution in [0.25, 0.3) is 0 Å². The molecule has 4 bridgehead atoms. The molecule has 3 heterocycles. The fraction of sp³-hybridized carbons (Fsp3) is 0.622. The highest BCUT2D eigenvalue weighted by Gasteiger charge is 2.64. The molecular weight excluding hydrogens is 746 g/mol. The number of fused-ring (bicyclic) bond motifs is 5. The quantitative estimate of drug-likeness (QED) is 0.137. The Bertz CT molecular complexity index is 1600. The van der Waals surface area contributed by atoms with Crippen LogP contribution in [0.15, 0.2) is 35.9 Å². The number of esters is 1. The summed E-state index contributed by atoms with van der Waals surface area (Å²) in [4.78, 5) is 56.4. The Morgan fingerprint density at radius 3 is 2.62 bits per heavy atom. The fourth-order valence-corrected chi connectivity index (χ4v) is 8.62. The third kappa shape index (κ3) is 10.0. The molecule has 3 amide bonds. The number of nitrogens with one attached hydrogen (secondary N) is 1. The van der Waals surface area contributed by atoms with Crippen molar-refractivity contribution in [1.29, 1.82) is 0 Å². The van der Waals surface area contributed by atoms with E-state index in [-0.39, 0.29) is 30.2 Å². The highest BCUT2D eigenvalue weighted by Crippen LogP contribution is 2.49. The van der Waals surface area contributed by atoms with E-state index in [0.717, 1.165) is 16.9 Å². The monoisotopic (exact) mass is 797 g/mol. The topological polar surface area (TPSA) is 156 Å². The number of methoxy groups -OCH3 is 2. The van der Waals surface area contributed by atoms with Gasteiger partial charge >= 0.3 is 12.1 Å². The van der Waals surface area contributed by atoms with E-state index in [2.05, 4.69) is 5.32 Å². The van der Waals surface area contributed by atoms with Crippen molar-refractivity contribution >= 4 is 62.8 Å². The number of hydrogen-bond acceptors (Lipinski definition) is 12. The maximum Gasteiger partial charge on any atom is 0.409 e. The zero-order valence-electron chi connectivity index (χ0n) is 31.8. The summed E-state index contributed by atoms with van der Waals surface area (Å²) < 4.78 is 29.2. The number of carbonyl (C=O) groups is 4. The molecule has 0 spiro atoms. The number of aliphatic hydroxyl groups is 1. The minimum Gasteiger partial charge on any atom is -0.495 e. The van der Waals surface area contributed by atoms with Crippen LogP contribution in [-0.2, 0) is 39.8 Å². The summed E-state index contributed by atoms with van der Waals surface area (Å²) in [5.74, 6) is 0.0246. The average molecular weight is 798 g/mol. The first-order valence-electron chi connectivity index (χ1n) is 17.6. The van der Waals surface area contributed by atoms with E-state index in [1.807, 2.05) is 19.9 Å². The Labute approximate surface area is 324 Å². The van der Waals surface area contributed by atoms with Crippen LogP contribution in [0.3, 0.4) is 0 Å². The third-order valence-corrected chi connectivity index (χ3v) is 13.0. The maximum absolute atomic E-state index is 14.1. The normalized spacial score (nSPS) is 31.2. The van der Waals surface area contributed by atoms with E-state index in [1.54, 1.807) is 80.7 Å². The van der Waals surface area contributed by atoms with Crippen molar-refractivity contribution in [2.24, 2.45) is 5.92 Å². The predicted octanol–water partition coefficient (Wildman–Crippen LogP) is 5.31. The van der Waals surface area contributed by atoms with Crippen LogP contribution >= 0.6 is 33.2 Å². The molecule has 3 unspecified atom stereocenters. The number of halogens is 1. The molecular formula is C37H52ClN3O10S2. The van der Waals surface area contributed by atoms with Gasteiger partial charge in [0.1, 0.15) is 40.7 Å². The van der Waals surface area contributed by atoms with Crippen LogP contribution in [0.1, 0.15) is 59.4 Å². The number of alkyl carbamates (subject to hydrolysis) is 1. The molecule has 3 aliphatic heterocycles. The van der Waals surface area contributed by atoms with Crippen LogP contribution in [0.4, 0.5) is 10.5 Å². The molecule has 0 aliphatic carbocycles. The first-order valence-corrected chi connectivity index (χ1v) is 20.4. The summed E-state index contributed by atoms with van der Waals surface area (Å²) in [5, 5.41) is 14.5. The maximum atomic E-state index is 14.1. The number of benzene rings is 1. The summed E-state index contributed by atoms with van der Waals surface area (Å²) in [6, 6.07) is 2.64. The van der Waals surface area contributed by atoms with Gasteiger partial charge in [0, 0.05) is 51.5 Å². The van der Waals surface area contributed by atoms with Crippen molar-refractivity contribution < 1.29 is 48.0 Å². The van der Waals surface area contributed by atoms with E-state index in [9.17, 15) is 24.3 Å². The molecule has 8 atom stereocenters. The number of nitrogens with zero attached hydrogens (tertiary/aromatic N) is 2. The lowest BCUT2D eigenvalue weighted by Gasteiger charge is -2.42. The lowest BCUT2D eigenvalue weighted by molar-refractivity contribution is -0.161. The first kappa shape index (κ1) is 42.8. The molecule has 13 nitrogen and oxygen atoms in total. The summed E-state index contributed by atoms with van der Waals surface area (Å²) in [6.45, 7) is 9.07. The van der Waals surface area contributed by atoms with E-state index < -0.39 is 65.7 Å². The number of allylic oxidation sites excluding steroid dienone is 3. The summed E-state index contributed by atoms with van der Waals surface area (Å²) in [6.07, 6.45) is 1.26. The van der Waals surface area contributed by atoms with Crippen LogP contribution in [0.2, 0.25) is 5.02 Å². The zero-order chi connectivity index (χ0) is 39.2. The third-order valence-electron chi connectivity index (χ3n) is 10.1. The van der Waals surface area contributed by atoms with Gasteiger partial charge in [-0.15, -0.1) is 0 Å². The summed E-state index contributed by atoms with van der Waals surface area (Å²) >= 11 is 6.76. The summed E-state index contributed by atoms with van der Waals surface area (Å²) in [7, 11) is 9.31. The van der Waals surface area contributed by atoms with Crippen molar-refractivity contribution in [3.63, 3.8) is 0 Å². The van der Waals surface area contributed by atoms with Crippen molar-refractivity contribution in [1.82, 2.24) is 10.2 Å². The number of hydrogen-bond donors (Lipinski definition) is 2. The van der Waals surface area contributed by atoms with Gasteiger partial charge in [-0.1, -0.05) is 70.8 Å². The highest BCUT2D eigenvalue weighted by atomic mass is 35.5. The van der Waals surface area contributed by atoms with Gasteiger partial charge in [-0.05, 0) is 44.9 Å². The fourth-order valence-electron chi connectivity index (χ4n) is 6.67. The zero-order valence-corrected chi connectivity index (χ0v) is 34.2. The van der Waals surface area contributed by atoms with Crippen LogP contribution in [-0.4, -0.2) is 115 Å². The molecule has 3 aliphatic rings. The van der Waals surface area contributed by atoms with Crippen LogP contribution < -0.4 is 15.0 Å². The number of carbonyl (C=O) groups excluding carboxylic acids is 4. The van der Waals surface area contributed by atoms with Crippen molar-refractivity contribution in [2.45, 2.75) is 102 Å². The Morgan fingerprint density at radius 1 is 1.25 bits per heavy atom.